The molecule has 0 amide bonds. The van der Waals surface area contributed by atoms with Crippen LogP contribution in [0.25, 0.3) is 0 Å². The third kappa shape index (κ3) is 15.9. The zero-order chi connectivity index (χ0) is 42.1. The first kappa shape index (κ1) is 48.4. The van der Waals surface area contributed by atoms with Crippen molar-refractivity contribution in [2.75, 3.05) is 0 Å². The van der Waals surface area contributed by atoms with Crippen molar-refractivity contribution in [2.45, 2.75) is 25.7 Å². The molecule has 4 heteroatoms. The molecule has 0 aliphatic carbocycles. The Morgan fingerprint density at radius 2 is 0.557 bits per heavy atom. The number of allylic oxidation sites excluding steroid dienone is 1. The largest absolute Gasteiger partial charge is 0.0622 e. The normalized spacial score (nSPS) is 10.3. The van der Waals surface area contributed by atoms with Gasteiger partial charge in [-0.2, -0.15) is 0 Å². The molecular formula is C57H53OP2Rh-. The van der Waals surface area contributed by atoms with Gasteiger partial charge in [0.25, 0.3) is 0 Å². The first-order chi connectivity index (χ1) is 29.6. The van der Waals surface area contributed by atoms with Crippen LogP contribution in [-0.4, -0.2) is 0 Å². The zero-order valence-corrected chi connectivity index (χ0v) is 38.0. The summed E-state index contributed by atoms with van der Waals surface area (Å²) in [6.07, 6.45) is 6.25. The predicted octanol–water partition coefficient (Wildman–Crippen LogP) is 12.1. The van der Waals surface area contributed by atoms with Gasteiger partial charge in [-0.05, 0) is 71.6 Å². The van der Waals surface area contributed by atoms with Crippen molar-refractivity contribution in [3.05, 3.63) is 280 Å². The predicted molar refractivity (Wildman–Crippen MR) is 262 cm³/mol. The van der Waals surface area contributed by atoms with Crippen LogP contribution in [0.15, 0.2) is 255 Å². The topological polar surface area (TPSA) is 19.9 Å². The van der Waals surface area contributed by atoms with Crippen molar-refractivity contribution < 1.29 is 24.1 Å². The van der Waals surface area contributed by atoms with Gasteiger partial charge >= 0.3 is 11.3 Å². The fourth-order valence-corrected chi connectivity index (χ4v) is 11.4. The number of benzene rings is 8. The third-order valence-corrected chi connectivity index (χ3v) is 14.9. The van der Waals surface area contributed by atoms with E-state index in [4.69, 9.17) is 4.65 Å². The van der Waals surface area contributed by atoms with Crippen molar-refractivity contribution in [3.63, 3.8) is 0 Å². The van der Waals surface area contributed by atoms with Crippen LogP contribution in [0.5, 0.6) is 0 Å². The standard InChI is InChI=1S/C20H23.2C18H15P.CO.Rh/c1-3-20(2,16-14-18-10-6-4-7-11-18)17-15-19-12-8-5-9-13-19;2*1-4-10-16(11-5-1)19(17-12-6-2-7-13-17)18-14-8-3-9-15-18;1-2;/h3-13H,1-2,14-17H2;2*1-15H;;/q-1;;;;. The van der Waals surface area contributed by atoms with E-state index in [1.807, 2.05) is 6.08 Å². The van der Waals surface area contributed by atoms with E-state index in [0.29, 0.717) is 0 Å². The summed E-state index contributed by atoms with van der Waals surface area (Å²) in [5.41, 5.74) is 2.72. The summed E-state index contributed by atoms with van der Waals surface area (Å²) in [6.45, 7) is 12.9. The molecule has 8 rings (SSSR count). The number of aryl methyl sites for hydroxylation is 2. The van der Waals surface area contributed by atoms with Gasteiger partial charge in [-0.15, -0.1) is 18.1 Å². The first-order valence-electron chi connectivity index (χ1n) is 20.3. The van der Waals surface area contributed by atoms with Crippen LogP contribution in [0.3, 0.4) is 0 Å². The van der Waals surface area contributed by atoms with E-state index < -0.39 is 15.8 Å². The molecule has 8 aromatic rings. The number of hydrogen-bond acceptors (Lipinski definition) is 0. The van der Waals surface area contributed by atoms with E-state index in [-0.39, 0.29) is 24.9 Å². The van der Waals surface area contributed by atoms with Crippen LogP contribution in [0.1, 0.15) is 24.0 Å². The average molecular weight is 919 g/mol. The molecule has 8 aromatic carbocycles. The van der Waals surface area contributed by atoms with E-state index in [9.17, 15) is 0 Å². The van der Waals surface area contributed by atoms with E-state index in [1.54, 1.807) is 0 Å². The summed E-state index contributed by atoms with van der Waals surface area (Å²) in [6, 6.07) is 85.9. The van der Waals surface area contributed by atoms with Gasteiger partial charge in [-0.1, -0.05) is 255 Å². The molecule has 0 atom stereocenters. The van der Waals surface area contributed by atoms with Crippen molar-refractivity contribution >= 4 is 47.7 Å². The third-order valence-electron chi connectivity index (χ3n) is 10.0. The van der Waals surface area contributed by atoms with Crippen LogP contribution in [0.4, 0.5) is 0 Å². The molecular weight excluding hydrogens is 865 g/mol. The molecule has 0 unspecified atom stereocenters. The molecule has 0 bridgehead atoms. The van der Waals surface area contributed by atoms with E-state index in [0.717, 1.165) is 25.7 Å². The van der Waals surface area contributed by atoms with Crippen LogP contribution in [-0.2, 0) is 37.0 Å². The Kier molecular flexibility index (Phi) is 21.9. The zero-order valence-electron chi connectivity index (χ0n) is 34.6. The Morgan fingerprint density at radius 3 is 0.738 bits per heavy atom. The van der Waals surface area contributed by atoms with Crippen LogP contribution in [0.2, 0.25) is 0 Å². The minimum Gasteiger partial charge on any atom is -0.0622 e. The minimum absolute atomic E-state index is 0. The summed E-state index contributed by atoms with van der Waals surface area (Å²) in [7, 11) is -0.892. The Balaban J connectivity index is 0.000000196. The second-order valence-electron chi connectivity index (χ2n) is 14.2. The Bertz CT molecular complexity index is 1990. The molecule has 0 fully saturated rings. The monoisotopic (exact) mass is 918 g/mol. The summed E-state index contributed by atoms with van der Waals surface area (Å²) in [5.74, 6) is 0. The number of rotatable bonds is 13. The average Bonchev–Trinajstić information content (AvgIpc) is 3.34. The first-order valence-corrected chi connectivity index (χ1v) is 23.0. The van der Waals surface area contributed by atoms with Gasteiger partial charge in [0.1, 0.15) is 0 Å². The smallest absolute Gasteiger partial charge is 0 e. The molecule has 0 spiro atoms. The molecule has 0 aliphatic rings. The van der Waals surface area contributed by atoms with Crippen molar-refractivity contribution in [1.82, 2.24) is 0 Å². The van der Waals surface area contributed by atoms with Crippen LogP contribution < -0.4 is 31.8 Å². The Morgan fingerprint density at radius 1 is 0.377 bits per heavy atom. The molecule has 1 radical (unpaired) electrons. The summed E-state index contributed by atoms with van der Waals surface area (Å²) < 4.78 is 7.50. The summed E-state index contributed by atoms with van der Waals surface area (Å²) >= 11 is 0. The quantitative estimate of drug-likeness (QED) is 0.0361. The van der Waals surface area contributed by atoms with Crippen LogP contribution >= 0.6 is 15.8 Å². The van der Waals surface area contributed by atoms with Gasteiger partial charge in [0, 0.05) is 19.5 Å². The molecule has 0 aromatic heterocycles. The maximum atomic E-state index is 7.50. The van der Waals surface area contributed by atoms with Gasteiger partial charge in [0.05, 0.1) is 0 Å². The second-order valence-corrected chi connectivity index (χ2v) is 18.7. The molecule has 0 heterocycles. The maximum absolute atomic E-state index is 7.50. The fourth-order valence-electron chi connectivity index (χ4n) is 6.76. The van der Waals surface area contributed by atoms with Crippen molar-refractivity contribution in [2.24, 2.45) is 5.41 Å². The molecule has 0 saturated carbocycles. The van der Waals surface area contributed by atoms with Crippen molar-refractivity contribution in [1.29, 1.82) is 0 Å². The van der Waals surface area contributed by atoms with E-state index in [1.165, 1.54) is 43.0 Å². The maximum Gasteiger partial charge on any atom is 0 e. The molecule has 307 valence electrons. The number of hydrogen-bond donors (Lipinski definition) is 0. The Hall–Kier alpha value is -5.28. The van der Waals surface area contributed by atoms with Gasteiger partial charge < -0.3 is 6.92 Å². The van der Waals surface area contributed by atoms with E-state index >= 15 is 0 Å². The minimum atomic E-state index is -0.446. The van der Waals surface area contributed by atoms with Crippen molar-refractivity contribution in [3.8, 4) is 0 Å². The van der Waals surface area contributed by atoms with Gasteiger partial charge in [-0.3, -0.25) is 0 Å². The molecule has 61 heavy (non-hydrogen) atoms. The molecule has 0 aliphatic heterocycles. The second kappa shape index (κ2) is 27.5. The Labute approximate surface area is 380 Å². The van der Waals surface area contributed by atoms with Gasteiger partial charge in [0.15, 0.2) is 0 Å². The molecule has 1 nitrogen and oxygen atoms in total. The van der Waals surface area contributed by atoms with Crippen LogP contribution in [0, 0.1) is 19.0 Å². The summed E-state index contributed by atoms with van der Waals surface area (Å²) in [5, 5.41) is 8.39. The van der Waals surface area contributed by atoms with E-state index in [2.05, 4.69) is 263 Å². The molecule has 0 saturated heterocycles. The molecule has 0 N–H and O–H groups in total. The SMILES string of the molecule is C=CC([CH2-])(CCc1ccccc1)CCc1ccccc1.[C-]#[O+].[Rh].c1ccc(P(c2ccccc2)c2ccccc2)cc1.c1ccc(P(c2ccccc2)c2ccccc2)cc1. The van der Waals surface area contributed by atoms with Gasteiger partial charge in [0.2, 0.25) is 0 Å². The fraction of sp³-hybridized carbons (Fsp3) is 0.0877. The van der Waals surface area contributed by atoms with Gasteiger partial charge in [-0.25, -0.2) is 0 Å². The summed E-state index contributed by atoms with van der Waals surface area (Å²) in [4.78, 5) is 0.